The van der Waals surface area contributed by atoms with Crippen LogP contribution in [0.25, 0.3) is 28.2 Å². The molecular weight excluding hydrogens is 490 g/mol. The maximum Gasteiger partial charge on any atom is 0.244 e. The smallest absolute Gasteiger partial charge is 0.244 e. The number of fused-ring (bicyclic) bond motifs is 1. The van der Waals surface area contributed by atoms with Gasteiger partial charge in [-0.3, -0.25) is 9.69 Å². The zero-order chi connectivity index (χ0) is 27.2. The minimum absolute atomic E-state index is 0.0767. The molecule has 3 heterocycles. The largest absolute Gasteiger partial charge is 0.498 e. The molecule has 1 fully saturated rings. The van der Waals surface area contributed by atoms with Crippen LogP contribution in [0.3, 0.4) is 0 Å². The van der Waals surface area contributed by atoms with Gasteiger partial charge in [-0.2, -0.15) is 0 Å². The molecule has 1 aromatic carbocycles. The van der Waals surface area contributed by atoms with Gasteiger partial charge in [-0.05, 0) is 54.0 Å². The molecule has 2 aromatic heterocycles. The third-order valence-electron chi connectivity index (χ3n) is 7.51. The number of likely N-dealkylation sites (N-methyl/N-ethyl adjacent to an activating group) is 1. The fourth-order valence-corrected chi connectivity index (χ4v) is 5.16. The van der Waals surface area contributed by atoms with Crippen LogP contribution in [0.2, 0.25) is 0 Å². The second-order valence-electron chi connectivity index (χ2n) is 10.1. The summed E-state index contributed by atoms with van der Waals surface area (Å²) in [6.45, 7) is 5.84. The van der Waals surface area contributed by atoms with Crippen LogP contribution in [0.1, 0.15) is 17.5 Å². The Morgan fingerprint density at radius 2 is 1.95 bits per heavy atom. The summed E-state index contributed by atoms with van der Waals surface area (Å²) in [4.78, 5) is 25.3. The van der Waals surface area contributed by atoms with Crippen molar-refractivity contribution in [1.82, 2.24) is 25.1 Å². The molecule has 8 nitrogen and oxygen atoms in total. The van der Waals surface area contributed by atoms with Crippen molar-refractivity contribution >= 4 is 23.0 Å². The van der Waals surface area contributed by atoms with Gasteiger partial charge in [0.05, 0.1) is 7.11 Å². The quantitative estimate of drug-likeness (QED) is 0.410. The highest BCUT2D eigenvalue weighted by atomic mass is 16.5. The van der Waals surface area contributed by atoms with Gasteiger partial charge < -0.3 is 24.7 Å². The molecule has 0 bridgehead atoms. The van der Waals surface area contributed by atoms with Gasteiger partial charge in [0.25, 0.3) is 0 Å². The average molecular weight is 528 g/mol. The van der Waals surface area contributed by atoms with Crippen molar-refractivity contribution in [1.29, 1.82) is 0 Å². The number of benzene rings is 1. The molecule has 3 aromatic rings. The second kappa shape index (κ2) is 12.4. The highest BCUT2D eigenvalue weighted by Crippen LogP contribution is 2.31. The maximum absolute atomic E-state index is 12.6. The molecule has 1 atom stereocenters. The number of nitrogens with zero attached hydrogens (tertiary/aromatic N) is 3. The first kappa shape index (κ1) is 26.9. The summed E-state index contributed by atoms with van der Waals surface area (Å²) >= 11 is 0. The number of H-pyrrole nitrogens is 1. The Balaban J connectivity index is 1.26. The molecule has 2 N–H and O–H groups in total. The van der Waals surface area contributed by atoms with E-state index < -0.39 is 0 Å². The van der Waals surface area contributed by atoms with Crippen LogP contribution < -0.4 is 5.32 Å². The number of nitrogens with one attached hydrogen (secondary N) is 2. The predicted molar refractivity (Wildman–Crippen MR) is 155 cm³/mol. The van der Waals surface area contributed by atoms with Crippen molar-refractivity contribution in [3.63, 3.8) is 0 Å². The minimum Gasteiger partial charge on any atom is -0.498 e. The number of carbonyl (C=O) groups excluding carboxylic acids is 1. The molecule has 0 spiro atoms. The number of piperazine rings is 1. The van der Waals surface area contributed by atoms with Gasteiger partial charge in [0.15, 0.2) is 0 Å². The van der Waals surface area contributed by atoms with Crippen LogP contribution in [0.5, 0.6) is 0 Å². The highest BCUT2D eigenvalue weighted by Gasteiger charge is 2.18. The first-order valence-corrected chi connectivity index (χ1v) is 13.4. The van der Waals surface area contributed by atoms with Crippen molar-refractivity contribution < 1.29 is 14.3 Å². The standard InChI is InChI=1S/C31H37N5O3/c1-35-14-16-36(17-15-35)21-22-4-7-24(8-5-22)26-12-13-32-31-30(26)25(20-34-31)9-11-29(37)33-19-23-6-10-27(38-2)28(18-23)39-3/h4-9,11-13,18,20,27H,10,14-17,19,21H2,1-3H3,(H,32,34)(H,33,37)/b11-9+. The summed E-state index contributed by atoms with van der Waals surface area (Å²) in [6, 6.07) is 10.8. The molecule has 8 heteroatoms. The number of carbonyl (C=O) groups is 1. The molecule has 1 aliphatic heterocycles. The van der Waals surface area contributed by atoms with Gasteiger partial charge in [0, 0.05) is 75.8 Å². The Kier molecular flexibility index (Phi) is 8.56. The Bertz CT molecular complexity index is 1380. The van der Waals surface area contributed by atoms with E-state index in [0.29, 0.717) is 6.54 Å². The Hall–Kier alpha value is -3.72. The number of methoxy groups -OCH3 is 2. The first-order valence-electron chi connectivity index (χ1n) is 13.4. The number of aromatic nitrogens is 2. The normalized spacial score (nSPS) is 18.8. The van der Waals surface area contributed by atoms with Crippen LogP contribution in [0, 0.1) is 0 Å². The van der Waals surface area contributed by atoms with E-state index in [9.17, 15) is 4.79 Å². The van der Waals surface area contributed by atoms with Crippen molar-refractivity contribution in [2.75, 3.05) is 54.0 Å². The van der Waals surface area contributed by atoms with Crippen molar-refractivity contribution in [2.24, 2.45) is 0 Å². The van der Waals surface area contributed by atoms with Gasteiger partial charge >= 0.3 is 0 Å². The summed E-state index contributed by atoms with van der Waals surface area (Å²) in [7, 11) is 5.48. The number of rotatable bonds is 9. The zero-order valence-electron chi connectivity index (χ0n) is 22.9. The van der Waals surface area contributed by atoms with E-state index in [0.717, 1.165) is 78.2 Å². The van der Waals surface area contributed by atoms with Gasteiger partial charge in [-0.25, -0.2) is 4.98 Å². The lowest BCUT2D eigenvalue weighted by Gasteiger charge is -2.32. The van der Waals surface area contributed by atoms with E-state index in [4.69, 9.17) is 9.47 Å². The third-order valence-corrected chi connectivity index (χ3v) is 7.51. The lowest BCUT2D eigenvalue weighted by molar-refractivity contribution is -0.116. The first-order chi connectivity index (χ1) is 19.0. The van der Waals surface area contributed by atoms with E-state index in [2.05, 4.69) is 62.5 Å². The van der Waals surface area contributed by atoms with Gasteiger partial charge in [0.1, 0.15) is 17.5 Å². The van der Waals surface area contributed by atoms with E-state index in [-0.39, 0.29) is 12.0 Å². The van der Waals surface area contributed by atoms with Crippen LogP contribution in [-0.2, 0) is 20.8 Å². The van der Waals surface area contributed by atoms with Crippen molar-refractivity contribution in [2.45, 2.75) is 19.1 Å². The SMILES string of the molecule is COC1=CC(CNC(=O)/C=C/c2c[nH]c3nccc(-c4ccc(CN5CCN(C)CC5)cc4)c23)=CCC1OC. The van der Waals surface area contributed by atoms with Gasteiger partial charge in [-0.15, -0.1) is 0 Å². The molecule has 0 saturated carbocycles. The number of hydrogen-bond donors (Lipinski definition) is 2. The zero-order valence-corrected chi connectivity index (χ0v) is 22.9. The molecule has 5 rings (SSSR count). The fourth-order valence-electron chi connectivity index (χ4n) is 5.16. The van der Waals surface area contributed by atoms with E-state index in [1.165, 1.54) is 5.56 Å². The molecule has 204 valence electrons. The molecule has 1 unspecified atom stereocenters. The summed E-state index contributed by atoms with van der Waals surface area (Å²) < 4.78 is 10.8. The Morgan fingerprint density at radius 1 is 1.15 bits per heavy atom. The minimum atomic E-state index is -0.162. The van der Waals surface area contributed by atoms with E-state index in [1.54, 1.807) is 20.3 Å². The molecule has 1 aliphatic carbocycles. The number of hydrogen-bond acceptors (Lipinski definition) is 6. The molecule has 2 aliphatic rings. The average Bonchev–Trinajstić information content (AvgIpc) is 3.40. The number of aromatic amines is 1. The highest BCUT2D eigenvalue weighted by molar-refractivity contribution is 6.01. The fraction of sp³-hybridized carbons (Fsp3) is 0.355. The van der Waals surface area contributed by atoms with E-state index >= 15 is 0 Å². The van der Waals surface area contributed by atoms with Crippen LogP contribution in [0.15, 0.2) is 72.3 Å². The molecular formula is C31H37N5O3. The predicted octanol–water partition coefficient (Wildman–Crippen LogP) is 3.98. The topological polar surface area (TPSA) is 82.7 Å². The van der Waals surface area contributed by atoms with Crippen LogP contribution in [-0.4, -0.2) is 85.8 Å². The summed E-state index contributed by atoms with van der Waals surface area (Å²) in [5.41, 5.74) is 6.25. The number of amides is 1. The Morgan fingerprint density at radius 3 is 2.69 bits per heavy atom. The van der Waals surface area contributed by atoms with Gasteiger partial charge in [-0.1, -0.05) is 30.3 Å². The van der Waals surface area contributed by atoms with Crippen LogP contribution >= 0.6 is 0 Å². The second-order valence-corrected chi connectivity index (χ2v) is 10.1. The number of ether oxygens (including phenoxy) is 2. The maximum atomic E-state index is 12.6. The van der Waals surface area contributed by atoms with E-state index in [1.807, 2.05) is 30.6 Å². The number of pyridine rings is 1. The summed E-state index contributed by atoms with van der Waals surface area (Å²) in [5.74, 6) is 0.608. The molecule has 0 radical (unpaired) electrons. The lowest BCUT2D eigenvalue weighted by Crippen LogP contribution is -2.43. The molecule has 1 saturated heterocycles. The van der Waals surface area contributed by atoms with Gasteiger partial charge in [0.2, 0.25) is 5.91 Å². The third kappa shape index (κ3) is 6.47. The van der Waals surface area contributed by atoms with Crippen LogP contribution in [0.4, 0.5) is 0 Å². The Labute approximate surface area is 230 Å². The molecule has 1 amide bonds. The summed E-state index contributed by atoms with van der Waals surface area (Å²) in [5, 5.41) is 3.96. The molecule has 39 heavy (non-hydrogen) atoms. The summed E-state index contributed by atoms with van der Waals surface area (Å²) in [6.07, 6.45) is 11.8. The van der Waals surface area contributed by atoms with Crippen molar-refractivity contribution in [3.05, 3.63) is 83.4 Å². The van der Waals surface area contributed by atoms with Crippen molar-refractivity contribution in [3.8, 4) is 11.1 Å². The monoisotopic (exact) mass is 527 g/mol. The lowest BCUT2D eigenvalue weighted by atomic mass is 9.99.